The van der Waals surface area contributed by atoms with Crippen LogP contribution in [-0.2, 0) is 14.9 Å². The molecule has 1 aliphatic heterocycles. The Morgan fingerprint density at radius 1 is 1.19 bits per heavy atom. The number of carbonyl (C=O) groups excluding carboxylic acids is 1. The maximum Gasteiger partial charge on any atom is 0.405 e. The number of alkyl halides is 3. The van der Waals surface area contributed by atoms with Crippen LogP contribution in [0.15, 0.2) is 36.7 Å². The highest BCUT2D eigenvalue weighted by molar-refractivity contribution is 8.05. The van der Waals surface area contributed by atoms with E-state index in [9.17, 15) is 22.2 Å². The number of halogens is 4. The van der Waals surface area contributed by atoms with Crippen LogP contribution < -0.4 is 24.8 Å². The van der Waals surface area contributed by atoms with Gasteiger partial charge in [-0.3, -0.25) is 9.00 Å². The number of methoxy groups -OCH3 is 1. The number of carbonyl (C=O) groups is 1. The average molecular weight is 560 g/mol. The van der Waals surface area contributed by atoms with E-state index in [-0.39, 0.29) is 10.8 Å². The quantitative estimate of drug-likeness (QED) is 0.290. The fourth-order valence-electron chi connectivity index (χ4n) is 3.67. The molecule has 0 aliphatic carbocycles. The van der Waals surface area contributed by atoms with Gasteiger partial charge in [0.15, 0.2) is 6.10 Å². The van der Waals surface area contributed by atoms with Crippen molar-refractivity contribution in [3.05, 3.63) is 41.7 Å². The number of hydrogen-bond donors (Lipinski definition) is 4. The van der Waals surface area contributed by atoms with Gasteiger partial charge in [-0.25, -0.2) is 9.97 Å². The third kappa shape index (κ3) is 6.52. The maximum absolute atomic E-state index is 12.7. The van der Waals surface area contributed by atoms with Crippen molar-refractivity contribution in [3.8, 4) is 11.5 Å². The summed E-state index contributed by atoms with van der Waals surface area (Å²) in [6, 6.07) is 8.03. The summed E-state index contributed by atoms with van der Waals surface area (Å²) in [5, 5.41) is 5.71. The van der Waals surface area contributed by atoms with E-state index in [1.807, 2.05) is 0 Å². The number of benzene rings is 2. The molecule has 0 saturated carbocycles. The molecular formula is C23H25ClF3N5O4S. The normalized spacial score (nSPS) is 16.3. The van der Waals surface area contributed by atoms with Gasteiger partial charge >= 0.3 is 6.18 Å². The van der Waals surface area contributed by atoms with Gasteiger partial charge in [-0.05, 0) is 41.7 Å². The van der Waals surface area contributed by atoms with Gasteiger partial charge < -0.3 is 24.8 Å². The van der Waals surface area contributed by atoms with Crippen molar-refractivity contribution in [2.45, 2.75) is 25.6 Å². The Hall–Kier alpha value is -3.32. The number of anilines is 3. The van der Waals surface area contributed by atoms with Gasteiger partial charge in [0.05, 0.1) is 29.4 Å². The van der Waals surface area contributed by atoms with Crippen molar-refractivity contribution in [3.63, 3.8) is 0 Å². The highest BCUT2D eigenvalue weighted by Gasteiger charge is 2.29. The second-order valence-electron chi connectivity index (χ2n) is 8.46. The fraction of sp³-hybridized carbons (Fsp3) is 0.348. The molecular weight excluding hydrogens is 535 g/mol. The van der Waals surface area contributed by atoms with Gasteiger partial charge in [-0.1, -0.05) is 11.6 Å². The number of ether oxygens (including phenoxy) is 2. The van der Waals surface area contributed by atoms with Crippen LogP contribution in [0.3, 0.4) is 0 Å². The summed E-state index contributed by atoms with van der Waals surface area (Å²) in [4.78, 5) is 20.7. The van der Waals surface area contributed by atoms with Gasteiger partial charge in [0.25, 0.3) is 5.91 Å². The molecule has 1 fully saturated rings. The number of nitrogens with zero attached hydrogens (tertiary/aromatic N) is 2. The van der Waals surface area contributed by atoms with Crippen LogP contribution in [0.4, 0.5) is 30.4 Å². The molecule has 9 nitrogen and oxygen atoms in total. The van der Waals surface area contributed by atoms with Gasteiger partial charge in [-0.15, -0.1) is 0 Å². The Kier molecular flexibility index (Phi) is 7.64. The molecule has 4 rings (SSSR count). The molecule has 1 aliphatic rings. The molecule has 14 heteroatoms. The Balaban J connectivity index is 1.62. The third-order valence-electron chi connectivity index (χ3n) is 5.63. The summed E-state index contributed by atoms with van der Waals surface area (Å²) in [6.45, 7) is -0.152. The third-order valence-corrected chi connectivity index (χ3v) is 8.60. The first kappa shape index (κ1) is 26.7. The molecule has 1 aromatic heterocycles. The number of rotatable bonds is 9. The van der Waals surface area contributed by atoms with E-state index in [1.165, 1.54) is 26.4 Å². The Labute approximate surface area is 216 Å². The van der Waals surface area contributed by atoms with Crippen LogP contribution in [-0.4, -0.2) is 57.5 Å². The molecule has 0 unspecified atom stereocenters. The fourth-order valence-corrected chi connectivity index (χ4v) is 5.54. The van der Waals surface area contributed by atoms with Gasteiger partial charge in [0, 0.05) is 28.7 Å². The van der Waals surface area contributed by atoms with Crippen molar-refractivity contribution in [1.82, 2.24) is 15.3 Å². The Morgan fingerprint density at radius 2 is 1.95 bits per heavy atom. The number of nitrogens with one attached hydrogen (secondary N) is 3. The van der Waals surface area contributed by atoms with Gasteiger partial charge in [0.1, 0.15) is 30.2 Å². The summed E-state index contributed by atoms with van der Waals surface area (Å²) < 4.78 is 64.4. The summed E-state index contributed by atoms with van der Waals surface area (Å²) >= 11 is 6.10. The monoisotopic (exact) mass is 559 g/mol. The maximum atomic E-state index is 12.7. The molecule has 3 aromatic rings. The zero-order valence-corrected chi connectivity index (χ0v) is 21.5. The van der Waals surface area contributed by atoms with E-state index in [4.69, 9.17) is 21.1 Å². The SMILES string of the molecule is COc1cc(N[SH]2(=O)CCC2)cc2ncnc(Nc3ccc(Cl)cc3O[C@H](C)C(=O)NCC(F)(F)F)c12. The highest BCUT2D eigenvalue weighted by atomic mass is 35.5. The van der Waals surface area contributed by atoms with E-state index < -0.39 is 34.9 Å². The van der Waals surface area contributed by atoms with E-state index in [0.29, 0.717) is 45.4 Å². The lowest BCUT2D eigenvalue weighted by Crippen LogP contribution is -2.41. The van der Waals surface area contributed by atoms with Crippen LogP contribution in [0, 0.1) is 0 Å². The first-order chi connectivity index (χ1) is 17.5. The lowest BCUT2D eigenvalue weighted by atomic mass is 10.2. The van der Waals surface area contributed by atoms with Crippen molar-refractivity contribution >= 4 is 55.7 Å². The molecule has 200 valence electrons. The lowest BCUT2D eigenvalue weighted by molar-refractivity contribution is -0.142. The summed E-state index contributed by atoms with van der Waals surface area (Å²) in [6.07, 6.45) is -3.54. The molecule has 1 amide bonds. The molecule has 37 heavy (non-hydrogen) atoms. The first-order valence-corrected chi connectivity index (χ1v) is 13.7. The largest absolute Gasteiger partial charge is 0.496 e. The first-order valence-electron chi connectivity index (χ1n) is 11.2. The molecule has 2 aromatic carbocycles. The number of thiol groups is 1. The predicted molar refractivity (Wildman–Crippen MR) is 137 cm³/mol. The molecule has 0 radical (unpaired) electrons. The molecule has 1 saturated heterocycles. The predicted octanol–water partition coefficient (Wildman–Crippen LogP) is 4.23. The minimum atomic E-state index is -4.55. The summed E-state index contributed by atoms with van der Waals surface area (Å²) in [7, 11) is -0.941. The second kappa shape index (κ2) is 10.6. The topological polar surface area (TPSA) is 114 Å². The zero-order chi connectivity index (χ0) is 26.8. The van der Waals surface area contributed by atoms with Crippen molar-refractivity contribution < 1.29 is 31.6 Å². The Bertz CT molecular complexity index is 1370. The molecule has 3 N–H and O–H groups in total. The number of aromatic nitrogens is 2. The molecule has 1 atom stereocenters. The second-order valence-corrected chi connectivity index (χ2v) is 11.8. The number of hydrogen-bond acceptors (Lipinski definition) is 7. The van der Waals surface area contributed by atoms with Crippen LogP contribution in [0.25, 0.3) is 10.9 Å². The molecule has 2 heterocycles. The van der Waals surface area contributed by atoms with Crippen molar-refractivity contribution in [2.75, 3.05) is 35.2 Å². The summed E-state index contributed by atoms with van der Waals surface area (Å²) in [5.74, 6) is 1.21. The van der Waals surface area contributed by atoms with E-state index in [0.717, 1.165) is 6.42 Å². The van der Waals surface area contributed by atoms with Crippen LogP contribution in [0.5, 0.6) is 11.5 Å². The van der Waals surface area contributed by atoms with Gasteiger partial charge in [-0.2, -0.15) is 13.2 Å². The van der Waals surface area contributed by atoms with Crippen molar-refractivity contribution in [1.29, 1.82) is 0 Å². The number of fused-ring (bicyclic) bond motifs is 1. The van der Waals surface area contributed by atoms with E-state index in [1.54, 1.807) is 29.6 Å². The van der Waals surface area contributed by atoms with Gasteiger partial charge in [0.2, 0.25) is 0 Å². The molecule has 0 bridgehead atoms. The van der Waals surface area contributed by atoms with Crippen molar-refractivity contribution in [2.24, 2.45) is 0 Å². The van der Waals surface area contributed by atoms with E-state index in [2.05, 4.69) is 20.0 Å². The Morgan fingerprint density at radius 3 is 2.59 bits per heavy atom. The minimum Gasteiger partial charge on any atom is -0.496 e. The smallest absolute Gasteiger partial charge is 0.405 e. The van der Waals surface area contributed by atoms with E-state index >= 15 is 0 Å². The standard InChI is InChI=1S/C23H25ClF3N5O4S/c1-13(22(33)28-11-23(25,26)27)36-18-8-14(24)4-5-16(18)31-21-20-17(29-12-30-21)9-15(10-19(20)35-2)32-37(34)6-3-7-37/h4-5,8-10,12-13,37H,3,6-7,11H2,1-2H3,(H,28,33)(H,32,34)(H,29,30,31)/t13-/m1/s1. The van der Waals surface area contributed by atoms with Crippen LogP contribution in [0.1, 0.15) is 13.3 Å². The summed E-state index contributed by atoms with van der Waals surface area (Å²) in [5.41, 5.74) is 1.48. The van der Waals surface area contributed by atoms with Crippen LogP contribution in [0.2, 0.25) is 5.02 Å². The zero-order valence-electron chi connectivity index (χ0n) is 19.9. The lowest BCUT2D eigenvalue weighted by Gasteiger charge is -2.34. The van der Waals surface area contributed by atoms with Crippen LogP contribution >= 0.6 is 11.6 Å². The number of amides is 1. The average Bonchev–Trinajstić information content (AvgIpc) is 2.82. The minimum absolute atomic E-state index is 0.120. The molecule has 0 spiro atoms. The highest BCUT2D eigenvalue weighted by Crippen LogP contribution is 2.38.